The van der Waals surface area contributed by atoms with Crippen molar-refractivity contribution < 1.29 is 4.79 Å². The van der Waals surface area contributed by atoms with Gasteiger partial charge in [-0.1, -0.05) is 15.9 Å². The van der Waals surface area contributed by atoms with E-state index < -0.39 is 0 Å². The van der Waals surface area contributed by atoms with Gasteiger partial charge in [0.15, 0.2) is 0 Å². The monoisotopic (exact) mass is 406 g/mol. The molecule has 1 aliphatic rings. The smallest absolute Gasteiger partial charge is 0.332 e. The molecule has 0 spiro atoms. The van der Waals surface area contributed by atoms with Gasteiger partial charge in [-0.05, 0) is 24.3 Å². The number of hydrogen-bond acceptors (Lipinski definition) is 4. The number of piperazine rings is 1. The minimum Gasteiger partial charge on any atom is -0.354 e. The standard InChI is InChI=1S/C17H19BrN4O3/c1-19-14(11-15(23)20(2)17(19)25)21-7-9-22(10-8-21)16(24)12-3-5-13(18)6-4-12/h3-6,11H,7-10H2,1-2H3. The third-order valence-corrected chi connectivity index (χ3v) is 5.01. The number of hydrogen-bond donors (Lipinski definition) is 0. The average molecular weight is 407 g/mol. The molecule has 1 saturated heterocycles. The van der Waals surface area contributed by atoms with Gasteiger partial charge in [0.25, 0.3) is 11.5 Å². The molecule has 2 aromatic rings. The third-order valence-electron chi connectivity index (χ3n) is 4.48. The summed E-state index contributed by atoms with van der Waals surface area (Å²) >= 11 is 3.36. The van der Waals surface area contributed by atoms with E-state index in [0.29, 0.717) is 37.6 Å². The second kappa shape index (κ2) is 6.87. The Kier molecular flexibility index (Phi) is 4.80. The molecule has 1 aromatic carbocycles. The summed E-state index contributed by atoms with van der Waals surface area (Å²) in [5.41, 5.74) is -0.0278. The van der Waals surface area contributed by atoms with Crippen LogP contribution in [0.4, 0.5) is 5.82 Å². The highest BCUT2D eigenvalue weighted by molar-refractivity contribution is 9.10. The van der Waals surface area contributed by atoms with E-state index in [-0.39, 0.29) is 17.2 Å². The van der Waals surface area contributed by atoms with Crippen molar-refractivity contribution in [3.05, 3.63) is 61.2 Å². The minimum absolute atomic E-state index is 0.00925. The van der Waals surface area contributed by atoms with Gasteiger partial charge < -0.3 is 9.80 Å². The number of carbonyl (C=O) groups is 1. The van der Waals surface area contributed by atoms with Crippen LogP contribution in [-0.4, -0.2) is 46.1 Å². The molecule has 3 rings (SSSR count). The first-order valence-corrected chi connectivity index (χ1v) is 8.74. The highest BCUT2D eigenvalue weighted by Crippen LogP contribution is 2.16. The highest BCUT2D eigenvalue weighted by Gasteiger charge is 2.24. The van der Waals surface area contributed by atoms with Crippen LogP contribution in [0.2, 0.25) is 0 Å². The number of amides is 1. The molecule has 0 radical (unpaired) electrons. The Bertz CT molecular complexity index is 909. The van der Waals surface area contributed by atoms with Crippen LogP contribution in [0.1, 0.15) is 10.4 Å². The third kappa shape index (κ3) is 3.39. The zero-order valence-corrected chi connectivity index (χ0v) is 15.7. The molecule has 25 heavy (non-hydrogen) atoms. The van der Waals surface area contributed by atoms with Crippen LogP contribution in [-0.2, 0) is 14.1 Å². The fourth-order valence-corrected chi connectivity index (χ4v) is 3.20. The lowest BCUT2D eigenvalue weighted by Gasteiger charge is -2.36. The first kappa shape index (κ1) is 17.5. The van der Waals surface area contributed by atoms with Gasteiger partial charge in [0.1, 0.15) is 5.82 Å². The molecule has 132 valence electrons. The van der Waals surface area contributed by atoms with Crippen LogP contribution in [0.3, 0.4) is 0 Å². The number of benzene rings is 1. The molecule has 1 aliphatic heterocycles. The van der Waals surface area contributed by atoms with Crippen molar-refractivity contribution in [1.29, 1.82) is 0 Å². The zero-order chi connectivity index (χ0) is 18.1. The zero-order valence-electron chi connectivity index (χ0n) is 14.1. The quantitative estimate of drug-likeness (QED) is 0.739. The molecule has 8 heteroatoms. The molecule has 0 bridgehead atoms. The molecular formula is C17H19BrN4O3. The molecular weight excluding hydrogens is 388 g/mol. The lowest BCUT2D eigenvalue weighted by atomic mass is 10.2. The summed E-state index contributed by atoms with van der Waals surface area (Å²) in [5, 5.41) is 0. The molecule has 1 aromatic heterocycles. The maximum atomic E-state index is 12.6. The lowest BCUT2D eigenvalue weighted by Crippen LogP contribution is -2.51. The van der Waals surface area contributed by atoms with Gasteiger partial charge in [0.05, 0.1) is 0 Å². The molecule has 0 atom stereocenters. The summed E-state index contributed by atoms with van der Waals surface area (Å²) in [4.78, 5) is 40.3. The SMILES string of the molecule is Cn1c(N2CCN(C(=O)c3ccc(Br)cc3)CC2)cc(=O)n(C)c1=O. The predicted molar refractivity (Wildman–Crippen MR) is 99.2 cm³/mol. The summed E-state index contributed by atoms with van der Waals surface area (Å²) in [6.07, 6.45) is 0. The Hall–Kier alpha value is -2.35. The van der Waals surface area contributed by atoms with Crippen molar-refractivity contribution >= 4 is 27.7 Å². The van der Waals surface area contributed by atoms with Gasteiger partial charge in [-0.25, -0.2) is 4.79 Å². The lowest BCUT2D eigenvalue weighted by molar-refractivity contribution is 0.0746. The second-order valence-electron chi connectivity index (χ2n) is 6.03. The van der Waals surface area contributed by atoms with Crippen LogP contribution in [0, 0.1) is 0 Å². The molecule has 0 N–H and O–H groups in total. The number of aromatic nitrogens is 2. The Morgan fingerprint density at radius 2 is 1.56 bits per heavy atom. The first-order valence-electron chi connectivity index (χ1n) is 7.95. The molecule has 2 heterocycles. The number of halogens is 1. The fourth-order valence-electron chi connectivity index (χ4n) is 2.94. The molecule has 1 amide bonds. The summed E-state index contributed by atoms with van der Waals surface area (Å²) in [6, 6.07) is 8.75. The van der Waals surface area contributed by atoms with Crippen molar-refractivity contribution in [1.82, 2.24) is 14.0 Å². The topological polar surface area (TPSA) is 67.5 Å². The van der Waals surface area contributed by atoms with Crippen molar-refractivity contribution in [3.63, 3.8) is 0 Å². The van der Waals surface area contributed by atoms with E-state index in [2.05, 4.69) is 15.9 Å². The van der Waals surface area contributed by atoms with E-state index in [4.69, 9.17) is 0 Å². The first-order chi connectivity index (χ1) is 11.9. The van der Waals surface area contributed by atoms with Crippen LogP contribution in [0.25, 0.3) is 0 Å². The largest absolute Gasteiger partial charge is 0.354 e. The summed E-state index contributed by atoms with van der Waals surface area (Å²) in [5.74, 6) is 0.578. The minimum atomic E-state index is -0.351. The van der Waals surface area contributed by atoms with Gasteiger partial charge in [0.2, 0.25) is 0 Å². The van der Waals surface area contributed by atoms with E-state index in [0.717, 1.165) is 9.04 Å². The van der Waals surface area contributed by atoms with Gasteiger partial charge in [0, 0.05) is 56.4 Å². The average Bonchev–Trinajstić information content (AvgIpc) is 2.63. The summed E-state index contributed by atoms with van der Waals surface area (Å²) in [6.45, 7) is 2.22. The van der Waals surface area contributed by atoms with Crippen LogP contribution < -0.4 is 16.1 Å². The Balaban J connectivity index is 1.74. The number of nitrogens with zero attached hydrogens (tertiary/aromatic N) is 4. The van der Waals surface area contributed by atoms with E-state index in [1.807, 2.05) is 17.0 Å². The second-order valence-corrected chi connectivity index (χ2v) is 6.94. The summed E-state index contributed by atoms with van der Waals surface area (Å²) < 4.78 is 3.48. The van der Waals surface area contributed by atoms with E-state index in [1.165, 1.54) is 17.7 Å². The molecule has 7 nitrogen and oxygen atoms in total. The number of carbonyl (C=O) groups excluding carboxylic acids is 1. The molecule has 1 fully saturated rings. The maximum absolute atomic E-state index is 12.6. The number of anilines is 1. The number of rotatable bonds is 2. The van der Waals surface area contributed by atoms with Crippen molar-refractivity contribution in [3.8, 4) is 0 Å². The molecule has 0 unspecified atom stereocenters. The normalized spacial score (nSPS) is 14.7. The fraction of sp³-hybridized carbons (Fsp3) is 0.353. The van der Waals surface area contributed by atoms with Gasteiger partial charge in [-0.2, -0.15) is 0 Å². The molecule has 0 aliphatic carbocycles. The highest BCUT2D eigenvalue weighted by atomic mass is 79.9. The van der Waals surface area contributed by atoms with Gasteiger partial charge in [-0.3, -0.25) is 18.7 Å². The summed E-state index contributed by atoms with van der Waals surface area (Å²) in [7, 11) is 3.11. The van der Waals surface area contributed by atoms with Crippen molar-refractivity contribution in [2.75, 3.05) is 31.1 Å². The Morgan fingerprint density at radius 1 is 0.960 bits per heavy atom. The van der Waals surface area contributed by atoms with Crippen molar-refractivity contribution in [2.45, 2.75) is 0 Å². The van der Waals surface area contributed by atoms with Gasteiger partial charge in [-0.15, -0.1) is 0 Å². The van der Waals surface area contributed by atoms with E-state index in [9.17, 15) is 14.4 Å². The van der Waals surface area contributed by atoms with Crippen LogP contribution >= 0.6 is 15.9 Å². The van der Waals surface area contributed by atoms with Gasteiger partial charge >= 0.3 is 5.69 Å². The predicted octanol–water partition coefficient (Wildman–Crippen LogP) is 0.809. The van der Waals surface area contributed by atoms with E-state index >= 15 is 0 Å². The Labute approximate surface area is 153 Å². The van der Waals surface area contributed by atoms with Crippen LogP contribution in [0.15, 0.2) is 44.4 Å². The van der Waals surface area contributed by atoms with E-state index in [1.54, 1.807) is 24.1 Å². The maximum Gasteiger partial charge on any atom is 0.332 e. The van der Waals surface area contributed by atoms with Crippen LogP contribution in [0.5, 0.6) is 0 Å². The Morgan fingerprint density at radius 3 is 2.16 bits per heavy atom. The molecule has 0 saturated carbocycles. The van der Waals surface area contributed by atoms with Crippen molar-refractivity contribution in [2.24, 2.45) is 14.1 Å².